The molecule has 0 radical (unpaired) electrons. The summed E-state index contributed by atoms with van der Waals surface area (Å²) in [6.45, 7) is 0.877. The highest BCUT2D eigenvalue weighted by molar-refractivity contribution is 5.85. The zero-order valence-electron chi connectivity index (χ0n) is 8.47. The number of nitrogens with one attached hydrogen (secondary N) is 2. The summed E-state index contributed by atoms with van der Waals surface area (Å²) >= 11 is 0. The highest BCUT2D eigenvalue weighted by Crippen LogP contribution is 2.18. The van der Waals surface area contributed by atoms with E-state index in [1.54, 1.807) is 0 Å². The van der Waals surface area contributed by atoms with Crippen molar-refractivity contribution < 1.29 is 22.7 Å². The molecule has 96 valence electrons. The molecular formula is C8H14ClF3N2O2. The summed E-state index contributed by atoms with van der Waals surface area (Å²) in [5.74, 6) is -0.445. The second kappa shape index (κ2) is 6.93. The van der Waals surface area contributed by atoms with Gasteiger partial charge >= 0.3 is 6.18 Å². The minimum Gasteiger partial charge on any atom is -0.378 e. The van der Waals surface area contributed by atoms with E-state index < -0.39 is 24.5 Å². The maximum absolute atomic E-state index is 11.8. The fourth-order valence-corrected chi connectivity index (χ4v) is 1.18. The van der Waals surface area contributed by atoms with Gasteiger partial charge in [0.1, 0.15) is 6.04 Å². The molecule has 1 saturated heterocycles. The van der Waals surface area contributed by atoms with E-state index in [2.05, 4.69) is 10.6 Å². The molecule has 1 amide bonds. The predicted octanol–water partition coefficient (Wildman–Crippen LogP) is 0.465. The van der Waals surface area contributed by atoms with Crippen molar-refractivity contribution in [2.24, 2.45) is 0 Å². The van der Waals surface area contributed by atoms with Crippen LogP contribution in [-0.2, 0) is 9.53 Å². The summed E-state index contributed by atoms with van der Waals surface area (Å²) in [5.41, 5.74) is 0. The van der Waals surface area contributed by atoms with E-state index in [4.69, 9.17) is 4.74 Å². The molecule has 4 nitrogen and oxygen atoms in total. The molecule has 0 aromatic heterocycles. The minimum atomic E-state index is -4.23. The molecule has 16 heavy (non-hydrogen) atoms. The maximum Gasteiger partial charge on any atom is 0.390 e. The van der Waals surface area contributed by atoms with Gasteiger partial charge in [0.05, 0.1) is 19.6 Å². The lowest BCUT2D eigenvalue weighted by atomic mass is 10.2. The summed E-state index contributed by atoms with van der Waals surface area (Å²) in [5, 5.41) is 5.06. The van der Waals surface area contributed by atoms with Gasteiger partial charge < -0.3 is 15.4 Å². The minimum absolute atomic E-state index is 0. The second-order valence-electron chi connectivity index (χ2n) is 3.24. The summed E-state index contributed by atoms with van der Waals surface area (Å²) in [7, 11) is 0. The van der Waals surface area contributed by atoms with E-state index in [-0.39, 0.29) is 25.6 Å². The lowest BCUT2D eigenvalue weighted by Gasteiger charge is -2.22. The summed E-state index contributed by atoms with van der Waals surface area (Å²) in [6, 6.07) is -0.535. The van der Waals surface area contributed by atoms with Crippen LogP contribution in [0.5, 0.6) is 0 Å². The number of alkyl halides is 3. The van der Waals surface area contributed by atoms with E-state index in [1.807, 2.05) is 0 Å². The Morgan fingerprint density at radius 3 is 2.69 bits per heavy atom. The molecule has 1 rings (SSSR count). The van der Waals surface area contributed by atoms with Gasteiger partial charge in [-0.25, -0.2) is 0 Å². The molecule has 0 aromatic carbocycles. The number of carbonyl (C=O) groups excluding carboxylic acids is 1. The van der Waals surface area contributed by atoms with Crippen LogP contribution in [0.3, 0.4) is 0 Å². The molecule has 1 unspecified atom stereocenters. The number of amides is 1. The van der Waals surface area contributed by atoms with Crippen molar-refractivity contribution >= 4 is 18.3 Å². The Labute approximate surface area is 97.3 Å². The van der Waals surface area contributed by atoms with Crippen LogP contribution in [0.1, 0.15) is 6.42 Å². The van der Waals surface area contributed by atoms with Gasteiger partial charge in [-0.1, -0.05) is 0 Å². The smallest absolute Gasteiger partial charge is 0.378 e. The van der Waals surface area contributed by atoms with Gasteiger partial charge in [0.15, 0.2) is 0 Å². The standard InChI is InChI=1S/C8H13F3N2O2.ClH/c9-8(10,11)1-2-13-7(14)6-5-15-4-3-12-6;/h6,12H,1-5H2,(H,13,14);1H. The van der Waals surface area contributed by atoms with Gasteiger partial charge in [-0.2, -0.15) is 13.2 Å². The highest BCUT2D eigenvalue weighted by Gasteiger charge is 2.27. The third-order valence-corrected chi connectivity index (χ3v) is 1.95. The quantitative estimate of drug-likeness (QED) is 0.777. The fraction of sp³-hybridized carbons (Fsp3) is 0.875. The topological polar surface area (TPSA) is 50.4 Å². The first-order chi connectivity index (χ1) is 6.99. The van der Waals surface area contributed by atoms with Crippen LogP contribution in [0.4, 0.5) is 13.2 Å². The fourth-order valence-electron chi connectivity index (χ4n) is 1.18. The number of ether oxygens (including phenoxy) is 1. The first kappa shape index (κ1) is 15.5. The van der Waals surface area contributed by atoms with Gasteiger partial charge in [-0.15, -0.1) is 12.4 Å². The third kappa shape index (κ3) is 6.14. The Morgan fingerprint density at radius 1 is 1.50 bits per heavy atom. The van der Waals surface area contributed by atoms with Crippen LogP contribution in [0.15, 0.2) is 0 Å². The SMILES string of the molecule is Cl.O=C(NCCC(F)(F)F)C1COCCN1. The highest BCUT2D eigenvalue weighted by atomic mass is 35.5. The number of hydrogen-bond acceptors (Lipinski definition) is 3. The van der Waals surface area contributed by atoms with Crippen molar-refractivity contribution in [2.45, 2.75) is 18.6 Å². The molecule has 2 N–H and O–H groups in total. The Bertz CT molecular complexity index is 220. The Morgan fingerprint density at radius 2 is 2.19 bits per heavy atom. The van der Waals surface area contributed by atoms with Crippen LogP contribution in [0.25, 0.3) is 0 Å². The van der Waals surface area contributed by atoms with E-state index >= 15 is 0 Å². The van der Waals surface area contributed by atoms with Crippen molar-refractivity contribution in [3.8, 4) is 0 Å². The molecule has 1 atom stereocenters. The lowest BCUT2D eigenvalue weighted by molar-refractivity contribution is -0.136. The Hall–Kier alpha value is -0.530. The van der Waals surface area contributed by atoms with Crippen LogP contribution in [-0.4, -0.2) is 44.4 Å². The molecule has 1 aliphatic heterocycles. The summed E-state index contributed by atoms with van der Waals surface area (Å²) in [6.07, 6.45) is -5.24. The normalized spacial score (nSPS) is 21.1. The van der Waals surface area contributed by atoms with Gasteiger partial charge in [-0.3, -0.25) is 4.79 Å². The number of hydrogen-bond donors (Lipinski definition) is 2. The average molecular weight is 263 g/mol. The molecule has 0 saturated carbocycles. The Kier molecular flexibility index (Phi) is 6.70. The predicted molar refractivity (Wildman–Crippen MR) is 53.5 cm³/mol. The summed E-state index contributed by atoms with van der Waals surface area (Å²) < 4.78 is 40.3. The maximum atomic E-state index is 11.8. The van der Waals surface area contributed by atoms with Crippen LogP contribution >= 0.6 is 12.4 Å². The zero-order chi connectivity index (χ0) is 11.3. The molecule has 1 fully saturated rings. The van der Waals surface area contributed by atoms with Gasteiger partial charge in [-0.05, 0) is 0 Å². The number of halogens is 4. The molecule has 1 aliphatic rings. The van der Waals surface area contributed by atoms with Gasteiger partial charge in [0.25, 0.3) is 0 Å². The van der Waals surface area contributed by atoms with Crippen molar-refractivity contribution in [1.82, 2.24) is 10.6 Å². The van der Waals surface area contributed by atoms with Crippen molar-refractivity contribution in [3.05, 3.63) is 0 Å². The van der Waals surface area contributed by atoms with Gasteiger partial charge in [0.2, 0.25) is 5.91 Å². The van der Waals surface area contributed by atoms with Crippen LogP contribution in [0, 0.1) is 0 Å². The molecule has 0 bridgehead atoms. The largest absolute Gasteiger partial charge is 0.390 e. The second-order valence-corrected chi connectivity index (χ2v) is 3.24. The first-order valence-electron chi connectivity index (χ1n) is 4.64. The van der Waals surface area contributed by atoms with Crippen LogP contribution in [0.2, 0.25) is 0 Å². The van der Waals surface area contributed by atoms with E-state index in [0.717, 1.165) is 0 Å². The van der Waals surface area contributed by atoms with Crippen molar-refractivity contribution in [1.29, 1.82) is 0 Å². The van der Waals surface area contributed by atoms with Gasteiger partial charge in [0, 0.05) is 13.1 Å². The molecule has 1 heterocycles. The first-order valence-corrected chi connectivity index (χ1v) is 4.64. The number of carbonyl (C=O) groups is 1. The zero-order valence-corrected chi connectivity index (χ0v) is 9.29. The molecule has 0 aliphatic carbocycles. The van der Waals surface area contributed by atoms with E-state index in [9.17, 15) is 18.0 Å². The lowest BCUT2D eigenvalue weighted by Crippen LogP contribution is -2.51. The third-order valence-electron chi connectivity index (χ3n) is 1.95. The monoisotopic (exact) mass is 262 g/mol. The molecular weight excluding hydrogens is 249 g/mol. The van der Waals surface area contributed by atoms with Crippen LogP contribution < -0.4 is 10.6 Å². The number of morpholine rings is 1. The molecule has 0 spiro atoms. The number of rotatable bonds is 3. The van der Waals surface area contributed by atoms with Crippen molar-refractivity contribution in [2.75, 3.05) is 26.3 Å². The molecule has 8 heteroatoms. The van der Waals surface area contributed by atoms with E-state index in [0.29, 0.717) is 13.2 Å². The Balaban J connectivity index is 0.00000225. The van der Waals surface area contributed by atoms with Crippen molar-refractivity contribution in [3.63, 3.8) is 0 Å². The average Bonchev–Trinajstić information content (AvgIpc) is 2.17. The van der Waals surface area contributed by atoms with E-state index in [1.165, 1.54) is 0 Å². The summed E-state index contributed by atoms with van der Waals surface area (Å²) in [4.78, 5) is 11.3. The molecule has 0 aromatic rings.